The third-order valence-corrected chi connectivity index (χ3v) is 3.99. The van der Waals surface area contributed by atoms with Crippen LogP contribution in [0.25, 0.3) is 0 Å². The van der Waals surface area contributed by atoms with Crippen LogP contribution in [0.2, 0.25) is 0 Å². The van der Waals surface area contributed by atoms with E-state index in [0.717, 1.165) is 21.6 Å². The van der Waals surface area contributed by atoms with E-state index in [1.165, 1.54) is 0 Å². The first-order valence-electron chi connectivity index (χ1n) is 5.80. The zero-order valence-electron chi connectivity index (χ0n) is 10.3. The molecule has 1 unspecified atom stereocenters. The molecule has 100 valence electrons. The summed E-state index contributed by atoms with van der Waals surface area (Å²) in [6.45, 7) is 2.06. The predicted molar refractivity (Wildman–Crippen MR) is 79.9 cm³/mol. The van der Waals surface area contributed by atoms with E-state index in [-0.39, 0.29) is 11.6 Å². The van der Waals surface area contributed by atoms with E-state index in [2.05, 4.69) is 33.2 Å². The number of nitrogens with zero attached hydrogens (tertiary/aromatic N) is 1. The first-order chi connectivity index (χ1) is 9.10. The maximum atomic E-state index is 11.0. The molecular formula is C13H13BrN2O2S. The molecule has 0 saturated heterocycles. The molecule has 1 aromatic carbocycles. The lowest BCUT2D eigenvalue weighted by atomic mass is 10.1. The fourth-order valence-electron chi connectivity index (χ4n) is 1.74. The van der Waals surface area contributed by atoms with E-state index < -0.39 is 5.97 Å². The van der Waals surface area contributed by atoms with E-state index in [9.17, 15) is 4.79 Å². The van der Waals surface area contributed by atoms with Crippen molar-refractivity contribution in [3.8, 4) is 0 Å². The molecule has 0 aliphatic carbocycles. The van der Waals surface area contributed by atoms with Gasteiger partial charge in [-0.2, -0.15) is 0 Å². The van der Waals surface area contributed by atoms with Crippen LogP contribution in [-0.2, 0) is 0 Å². The lowest BCUT2D eigenvalue weighted by Crippen LogP contribution is -2.10. The number of anilines is 1. The Balaban J connectivity index is 2.24. The average molecular weight is 341 g/mol. The summed E-state index contributed by atoms with van der Waals surface area (Å²) in [4.78, 5) is 15.3. The molecule has 0 fully saturated rings. The first-order valence-corrected chi connectivity index (χ1v) is 7.47. The summed E-state index contributed by atoms with van der Waals surface area (Å²) >= 11 is 4.91. The second-order valence-corrected chi connectivity index (χ2v) is 5.85. The van der Waals surface area contributed by atoms with Crippen molar-refractivity contribution in [3.05, 3.63) is 44.8 Å². The zero-order chi connectivity index (χ0) is 13.8. The van der Waals surface area contributed by atoms with Crippen LogP contribution in [0.5, 0.6) is 0 Å². The Morgan fingerprint density at radius 1 is 1.53 bits per heavy atom. The quantitative estimate of drug-likeness (QED) is 0.857. The van der Waals surface area contributed by atoms with Gasteiger partial charge in [0, 0.05) is 21.7 Å². The number of nitrogens with one attached hydrogen (secondary N) is 1. The molecule has 0 aliphatic heterocycles. The van der Waals surface area contributed by atoms with Gasteiger partial charge in [-0.25, -0.2) is 9.78 Å². The van der Waals surface area contributed by atoms with Crippen molar-refractivity contribution in [2.45, 2.75) is 19.4 Å². The molecule has 0 radical (unpaired) electrons. The molecule has 0 aliphatic rings. The fraction of sp³-hybridized carbons (Fsp3) is 0.231. The summed E-state index contributed by atoms with van der Waals surface area (Å²) in [7, 11) is 0. The van der Waals surface area contributed by atoms with Gasteiger partial charge < -0.3 is 10.4 Å². The number of thiazole rings is 1. The highest BCUT2D eigenvalue weighted by Crippen LogP contribution is 2.27. The van der Waals surface area contributed by atoms with Gasteiger partial charge in [0.1, 0.15) is 5.01 Å². The Bertz CT molecular complexity index is 572. The van der Waals surface area contributed by atoms with Crippen molar-refractivity contribution in [3.63, 3.8) is 0 Å². The number of halogens is 1. The second-order valence-electron chi connectivity index (χ2n) is 4.01. The molecule has 19 heavy (non-hydrogen) atoms. The summed E-state index contributed by atoms with van der Waals surface area (Å²) < 4.78 is 0.740. The van der Waals surface area contributed by atoms with Crippen molar-refractivity contribution < 1.29 is 9.90 Å². The molecule has 2 aromatic rings. The number of benzene rings is 1. The number of carbonyl (C=O) groups is 1. The summed E-state index contributed by atoms with van der Waals surface area (Å²) in [5.41, 5.74) is 1.03. The summed E-state index contributed by atoms with van der Waals surface area (Å²) in [5, 5.41) is 15.3. The van der Waals surface area contributed by atoms with Gasteiger partial charge in [-0.15, -0.1) is 11.3 Å². The Kier molecular flexibility index (Phi) is 4.55. The fourth-order valence-corrected chi connectivity index (χ4v) is 3.01. The number of aromatic nitrogens is 1. The Morgan fingerprint density at radius 3 is 2.89 bits per heavy atom. The third-order valence-electron chi connectivity index (χ3n) is 2.64. The molecule has 1 atom stereocenters. The van der Waals surface area contributed by atoms with Gasteiger partial charge in [0.05, 0.1) is 11.6 Å². The maximum Gasteiger partial charge on any atom is 0.335 e. The Morgan fingerprint density at radius 2 is 2.32 bits per heavy atom. The van der Waals surface area contributed by atoms with E-state index in [1.807, 2.05) is 11.4 Å². The van der Waals surface area contributed by atoms with Gasteiger partial charge >= 0.3 is 5.97 Å². The minimum absolute atomic E-state index is 0.0935. The molecule has 0 amide bonds. The van der Waals surface area contributed by atoms with Crippen LogP contribution in [0.4, 0.5) is 5.69 Å². The van der Waals surface area contributed by atoms with Gasteiger partial charge in [0.25, 0.3) is 0 Å². The van der Waals surface area contributed by atoms with Crippen LogP contribution in [0.3, 0.4) is 0 Å². The maximum absolute atomic E-state index is 11.0. The number of hydrogen-bond acceptors (Lipinski definition) is 4. The molecule has 1 aromatic heterocycles. The average Bonchev–Trinajstić information content (AvgIpc) is 2.89. The minimum atomic E-state index is -0.938. The largest absolute Gasteiger partial charge is 0.478 e. The van der Waals surface area contributed by atoms with E-state index in [4.69, 9.17) is 5.11 Å². The summed E-state index contributed by atoms with van der Waals surface area (Å²) in [6, 6.07) is 5.17. The predicted octanol–water partition coefficient (Wildman–Crippen LogP) is 4.17. The van der Waals surface area contributed by atoms with E-state index in [0.29, 0.717) is 0 Å². The van der Waals surface area contributed by atoms with Gasteiger partial charge in [-0.1, -0.05) is 22.9 Å². The summed E-state index contributed by atoms with van der Waals surface area (Å²) in [5.74, 6) is -0.938. The molecule has 0 spiro atoms. The van der Waals surface area contributed by atoms with Crippen molar-refractivity contribution in [2.75, 3.05) is 5.32 Å². The van der Waals surface area contributed by atoms with Crippen molar-refractivity contribution >= 4 is 38.9 Å². The van der Waals surface area contributed by atoms with Gasteiger partial charge in [0.15, 0.2) is 0 Å². The molecule has 2 N–H and O–H groups in total. The molecular weight excluding hydrogens is 328 g/mol. The monoisotopic (exact) mass is 340 g/mol. The van der Waals surface area contributed by atoms with Gasteiger partial charge in [-0.3, -0.25) is 0 Å². The first kappa shape index (κ1) is 14.0. The SMILES string of the molecule is CCC(Nc1cc(Br)cc(C(=O)O)c1)c1nccs1. The minimum Gasteiger partial charge on any atom is -0.478 e. The van der Waals surface area contributed by atoms with Gasteiger partial charge in [0.2, 0.25) is 0 Å². The van der Waals surface area contributed by atoms with Crippen LogP contribution in [0.1, 0.15) is 34.8 Å². The lowest BCUT2D eigenvalue weighted by Gasteiger charge is -2.16. The highest BCUT2D eigenvalue weighted by atomic mass is 79.9. The van der Waals surface area contributed by atoms with Crippen molar-refractivity contribution in [1.29, 1.82) is 0 Å². The third kappa shape index (κ3) is 3.54. The molecule has 4 nitrogen and oxygen atoms in total. The lowest BCUT2D eigenvalue weighted by molar-refractivity contribution is 0.0697. The standard InChI is InChI=1S/C13H13BrN2O2S/c1-2-11(12-15-3-4-19-12)16-10-6-8(13(17)18)5-9(14)7-10/h3-7,11,16H,2H2,1H3,(H,17,18). The van der Waals surface area contributed by atoms with Crippen LogP contribution in [0, 0.1) is 0 Å². The van der Waals surface area contributed by atoms with Crippen molar-refractivity contribution in [2.24, 2.45) is 0 Å². The number of carboxylic acid groups (broad SMARTS) is 1. The topological polar surface area (TPSA) is 62.2 Å². The molecule has 0 bridgehead atoms. The number of carboxylic acids is 1. The number of hydrogen-bond donors (Lipinski definition) is 2. The van der Waals surface area contributed by atoms with Crippen LogP contribution >= 0.6 is 27.3 Å². The number of rotatable bonds is 5. The molecule has 1 heterocycles. The van der Waals surface area contributed by atoms with Crippen molar-refractivity contribution in [1.82, 2.24) is 4.98 Å². The smallest absolute Gasteiger partial charge is 0.335 e. The molecule has 6 heteroatoms. The molecule has 2 rings (SSSR count). The Labute approximate surface area is 123 Å². The Hall–Kier alpha value is -1.40. The van der Waals surface area contributed by atoms with E-state index in [1.54, 1.807) is 29.7 Å². The van der Waals surface area contributed by atoms with E-state index >= 15 is 0 Å². The number of aromatic carboxylic acids is 1. The summed E-state index contributed by atoms with van der Waals surface area (Å²) in [6.07, 6.45) is 2.65. The molecule has 0 saturated carbocycles. The highest BCUT2D eigenvalue weighted by Gasteiger charge is 2.13. The highest BCUT2D eigenvalue weighted by molar-refractivity contribution is 9.10. The van der Waals surface area contributed by atoms with Gasteiger partial charge in [-0.05, 0) is 24.6 Å². The normalized spacial score (nSPS) is 12.1. The van der Waals surface area contributed by atoms with Crippen LogP contribution < -0.4 is 5.32 Å². The second kappa shape index (κ2) is 6.16. The zero-order valence-corrected chi connectivity index (χ0v) is 12.7. The van der Waals surface area contributed by atoms with Crippen LogP contribution in [-0.4, -0.2) is 16.1 Å². The van der Waals surface area contributed by atoms with Crippen LogP contribution in [0.15, 0.2) is 34.2 Å².